The van der Waals surface area contributed by atoms with E-state index in [-0.39, 0.29) is 27.8 Å². The number of Topliss-reactive ketones (excluding diaryl/α,β-unsaturated/α-hetero) is 1. The largest absolute Gasteiger partial charge is 0.416 e. The Balaban J connectivity index is 2.81. The average molecular weight is 400 g/mol. The van der Waals surface area contributed by atoms with Crippen LogP contribution in [0.15, 0.2) is 33.4 Å². The molecule has 0 aliphatic heterocycles. The number of hydrogen-bond acceptors (Lipinski definition) is 3. The Bertz CT molecular complexity index is 776. The van der Waals surface area contributed by atoms with Crippen molar-refractivity contribution >= 4 is 33.9 Å². The second-order valence-corrected chi connectivity index (χ2v) is 4.71. The summed E-state index contributed by atoms with van der Waals surface area (Å²) in [5.74, 6) is -0.622. The molecule has 7 heteroatoms. The Morgan fingerprint density at radius 1 is 1.19 bits per heavy atom. The second kappa shape index (κ2) is 5.34. The molecule has 0 spiro atoms. The van der Waals surface area contributed by atoms with Crippen molar-refractivity contribution in [2.45, 2.75) is 6.18 Å². The number of carbonyl (C=O) groups excluding carboxylic acids is 1. The Labute approximate surface area is 131 Å². The molecule has 1 aliphatic carbocycles. The molecule has 1 aromatic rings. The van der Waals surface area contributed by atoms with Crippen molar-refractivity contribution in [2.75, 3.05) is 0 Å². The van der Waals surface area contributed by atoms with Gasteiger partial charge in [-0.25, -0.2) is 0 Å². The molecule has 0 fully saturated rings. The smallest absolute Gasteiger partial charge is 0.289 e. The number of alkyl halides is 3. The molecule has 21 heavy (non-hydrogen) atoms. The SMILES string of the molecule is N#CC(C#N)=C1/C(=C/I)C(=O)c2cc(C(F)(F)F)ccc21. The zero-order valence-corrected chi connectivity index (χ0v) is 12.3. The van der Waals surface area contributed by atoms with Crippen LogP contribution < -0.4 is 0 Å². The molecule has 0 unspecified atom stereocenters. The molecular weight excluding hydrogens is 396 g/mol. The highest BCUT2D eigenvalue weighted by Crippen LogP contribution is 2.41. The normalized spacial score (nSPS) is 15.6. The summed E-state index contributed by atoms with van der Waals surface area (Å²) < 4.78 is 39.5. The number of ketones is 1. The lowest BCUT2D eigenvalue weighted by Gasteiger charge is -2.07. The fourth-order valence-electron chi connectivity index (χ4n) is 2.04. The van der Waals surface area contributed by atoms with Crippen LogP contribution in [-0.2, 0) is 6.18 Å². The number of benzene rings is 1. The van der Waals surface area contributed by atoms with Gasteiger partial charge in [-0.3, -0.25) is 4.79 Å². The molecule has 0 atom stereocenters. The van der Waals surface area contributed by atoms with E-state index < -0.39 is 17.5 Å². The summed E-state index contributed by atoms with van der Waals surface area (Å²) in [6, 6.07) is 6.02. The number of rotatable bonds is 0. The van der Waals surface area contributed by atoms with Gasteiger partial charge in [-0.15, -0.1) is 0 Å². The van der Waals surface area contributed by atoms with Gasteiger partial charge in [0, 0.05) is 16.7 Å². The number of fused-ring (bicyclic) bond motifs is 1. The predicted octanol–water partition coefficient (Wildman–Crippen LogP) is 4.02. The standard InChI is InChI=1S/C14H4F3IN2O/c15-14(16,17)8-1-2-9-10(3-8)13(21)11(4-18)12(9)7(5-19)6-20/h1-4H/b11-4-. The minimum Gasteiger partial charge on any atom is -0.289 e. The maximum atomic E-state index is 12.7. The molecule has 0 bridgehead atoms. The first-order chi connectivity index (χ1) is 9.85. The first kappa shape index (κ1) is 15.3. The minimum absolute atomic E-state index is 0.0584. The second-order valence-electron chi connectivity index (χ2n) is 4.08. The first-order valence-electron chi connectivity index (χ1n) is 5.46. The molecule has 2 rings (SSSR count). The summed E-state index contributed by atoms with van der Waals surface area (Å²) in [5.41, 5.74) is -1.07. The quantitative estimate of drug-likeness (QED) is 0.376. The third-order valence-corrected chi connectivity index (χ3v) is 3.58. The fraction of sp³-hybridized carbons (Fsp3) is 0.0714. The van der Waals surface area contributed by atoms with Crippen LogP contribution in [0.5, 0.6) is 0 Å². The van der Waals surface area contributed by atoms with Gasteiger partial charge < -0.3 is 0 Å². The van der Waals surface area contributed by atoms with Gasteiger partial charge in [-0.1, -0.05) is 28.7 Å². The van der Waals surface area contributed by atoms with Crippen LogP contribution in [0.2, 0.25) is 0 Å². The molecule has 0 N–H and O–H groups in total. The average Bonchev–Trinajstić information content (AvgIpc) is 2.72. The predicted molar refractivity (Wildman–Crippen MR) is 76.0 cm³/mol. The molecule has 1 aliphatic rings. The Hall–Kier alpha value is -2.13. The number of hydrogen-bond donors (Lipinski definition) is 0. The number of nitrogens with zero attached hydrogens (tertiary/aromatic N) is 2. The lowest BCUT2D eigenvalue weighted by molar-refractivity contribution is -0.137. The molecule has 1 aromatic carbocycles. The van der Waals surface area contributed by atoms with E-state index in [0.717, 1.165) is 18.2 Å². The molecule has 0 saturated carbocycles. The maximum Gasteiger partial charge on any atom is 0.416 e. The maximum absolute atomic E-state index is 12.7. The lowest BCUT2D eigenvalue weighted by Crippen LogP contribution is -2.06. The molecule has 0 amide bonds. The zero-order valence-electron chi connectivity index (χ0n) is 10.1. The van der Waals surface area contributed by atoms with Gasteiger partial charge in [0.2, 0.25) is 0 Å². The molecule has 0 aromatic heterocycles. The molecule has 0 radical (unpaired) electrons. The van der Waals surface area contributed by atoms with Gasteiger partial charge >= 0.3 is 6.18 Å². The van der Waals surface area contributed by atoms with E-state index in [1.54, 1.807) is 34.7 Å². The number of allylic oxidation sites excluding steroid dienone is 3. The number of halogens is 4. The van der Waals surface area contributed by atoms with Crippen molar-refractivity contribution in [3.8, 4) is 12.1 Å². The topological polar surface area (TPSA) is 64.7 Å². The highest BCUT2D eigenvalue weighted by molar-refractivity contribution is 14.1. The van der Waals surface area contributed by atoms with Gasteiger partial charge in [-0.05, 0) is 21.8 Å². The monoisotopic (exact) mass is 400 g/mol. The van der Waals surface area contributed by atoms with E-state index in [0.29, 0.717) is 0 Å². The summed E-state index contributed by atoms with van der Waals surface area (Å²) >= 11 is 1.75. The fourth-order valence-corrected chi connectivity index (χ4v) is 2.63. The van der Waals surface area contributed by atoms with Crippen LogP contribution in [-0.4, -0.2) is 5.78 Å². The van der Waals surface area contributed by atoms with Crippen LogP contribution >= 0.6 is 22.6 Å². The van der Waals surface area contributed by atoms with Crippen LogP contribution in [0.3, 0.4) is 0 Å². The summed E-state index contributed by atoms with van der Waals surface area (Å²) in [7, 11) is 0. The van der Waals surface area contributed by atoms with Gasteiger partial charge in [0.1, 0.15) is 17.7 Å². The van der Waals surface area contributed by atoms with Gasteiger partial charge in [-0.2, -0.15) is 23.7 Å². The van der Waals surface area contributed by atoms with Crippen LogP contribution in [0.25, 0.3) is 5.57 Å². The molecular formula is C14H4F3IN2O. The third kappa shape index (κ3) is 2.45. The minimum atomic E-state index is -4.57. The van der Waals surface area contributed by atoms with Crippen molar-refractivity contribution in [1.82, 2.24) is 0 Å². The van der Waals surface area contributed by atoms with E-state index >= 15 is 0 Å². The van der Waals surface area contributed by atoms with Crippen LogP contribution in [0.4, 0.5) is 13.2 Å². The highest BCUT2D eigenvalue weighted by atomic mass is 127. The van der Waals surface area contributed by atoms with Crippen molar-refractivity contribution in [3.63, 3.8) is 0 Å². The third-order valence-electron chi connectivity index (χ3n) is 2.96. The highest BCUT2D eigenvalue weighted by Gasteiger charge is 2.36. The Morgan fingerprint density at radius 2 is 1.81 bits per heavy atom. The van der Waals surface area contributed by atoms with Crippen molar-refractivity contribution in [3.05, 3.63) is 50.1 Å². The van der Waals surface area contributed by atoms with E-state index in [2.05, 4.69) is 0 Å². The van der Waals surface area contributed by atoms with Crippen molar-refractivity contribution in [1.29, 1.82) is 10.5 Å². The summed E-state index contributed by atoms with van der Waals surface area (Å²) in [5, 5.41) is 17.9. The van der Waals surface area contributed by atoms with Crippen LogP contribution in [0.1, 0.15) is 21.5 Å². The van der Waals surface area contributed by atoms with Gasteiger partial charge in [0.05, 0.1) is 5.56 Å². The molecule has 0 heterocycles. The molecule has 104 valence electrons. The van der Waals surface area contributed by atoms with E-state index in [1.165, 1.54) is 4.08 Å². The summed E-state index contributed by atoms with van der Waals surface area (Å²) in [4.78, 5) is 12.2. The van der Waals surface area contributed by atoms with Crippen LogP contribution in [0, 0.1) is 22.7 Å². The summed E-state index contributed by atoms with van der Waals surface area (Å²) in [6.07, 6.45) is -4.57. The van der Waals surface area contributed by atoms with E-state index in [9.17, 15) is 18.0 Å². The van der Waals surface area contributed by atoms with Crippen molar-refractivity contribution in [2.24, 2.45) is 0 Å². The molecule has 3 nitrogen and oxygen atoms in total. The first-order valence-corrected chi connectivity index (χ1v) is 6.71. The van der Waals surface area contributed by atoms with Crippen molar-refractivity contribution < 1.29 is 18.0 Å². The summed E-state index contributed by atoms with van der Waals surface area (Å²) in [6.45, 7) is 0. The number of nitriles is 2. The zero-order chi connectivity index (χ0) is 15.8. The number of carbonyl (C=O) groups is 1. The lowest BCUT2D eigenvalue weighted by atomic mass is 10.00. The van der Waals surface area contributed by atoms with E-state index in [1.807, 2.05) is 0 Å². The molecule has 0 saturated heterocycles. The Kier molecular flexibility index (Phi) is 3.88. The van der Waals surface area contributed by atoms with E-state index in [4.69, 9.17) is 10.5 Å². The Morgan fingerprint density at radius 3 is 2.29 bits per heavy atom. The van der Waals surface area contributed by atoms with Gasteiger partial charge in [0.25, 0.3) is 0 Å². The van der Waals surface area contributed by atoms with Gasteiger partial charge in [0.15, 0.2) is 5.78 Å².